The van der Waals surface area contributed by atoms with E-state index in [2.05, 4.69) is 33.0 Å². The predicted molar refractivity (Wildman–Crippen MR) is 81.6 cm³/mol. The second kappa shape index (κ2) is 9.00. The van der Waals surface area contributed by atoms with Crippen molar-refractivity contribution >= 4 is 11.9 Å². The Bertz CT molecular complexity index is 337. The number of hydrogen-bond donors (Lipinski definition) is 4. The zero-order valence-corrected chi connectivity index (χ0v) is 13.7. The Hall–Kier alpha value is -1.14. The minimum atomic E-state index is -1.12. The summed E-state index contributed by atoms with van der Waals surface area (Å²) in [7, 11) is 0. The number of hydrogen-bond acceptors (Lipinski definition) is 4. The molecule has 0 heterocycles. The summed E-state index contributed by atoms with van der Waals surface area (Å²) in [6.45, 7) is 10.2. The van der Waals surface area contributed by atoms with Gasteiger partial charge in [0.1, 0.15) is 0 Å². The number of aliphatic hydroxyl groups is 1. The van der Waals surface area contributed by atoms with Crippen LogP contribution in [0.25, 0.3) is 0 Å². The van der Waals surface area contributed by atoms with Crippen molar-refractivity contribution in [1.29, 1.82) is 0 Å². The standard InChI is InChI=1S/C15H30N2O4/c1-8(2)11(9(3)4)6-13(18)10(5)17-15(21)12(16)7-14(19)20/h8-13,18H,6-7,16H2,1-5H3,(H,17,21)(H,19,20)/t10?,12-,13?/m0/s1. The maximum atomic E-state index is 11.7. The van der Waals surface area contributed by atoms with Gasteiger partial charge in [-0.05, 0) is 31.1 Å². The maximum Gasteiger partial charge on any atom is 0.305 e. The first-order valence-electron chi connectivity index (χ1n) is 7.52. The van der Waals surface area contributed by atoms with Crippen molar-refractivity contribution in [2.75, 3.05) is 0 Å². The van der Waals surface area contributed by atoms with Crippen molar-refractivity contribution in [3.63, 3.8) is 0 Å². The van der Waals surface area contributed by atoms with Crippen LogP contribution >= 0.6 is 0 Å². The highest BCUT2D eigenvalue weighted by Gasteiger charge is 2.26. The number of aliphatic hydroxyl groups excluding tert-OH is 1. The van der Waals surface area contributed by atoms with Gasteiger partial charge in [0.2, 0.25) is 5.91 Å². The SMILES string of the molecule is CC(C)C(CC(O)C(C)NC(=O)[C@@H](N)CC(=O)O)C(C)C. The van der Waals surface area contributed by atoms with Crippen LogP contribution in [0.1, 0.15) is 47.5 Å². The van der Waals surface area contributed by atoms with Gasteiger partial charge in [0.05, 0.1) is 24.6 Å². The quantitative estimate of drug-likeness (QED) is 0.507. The van der Waals surface area contributed by atoms with E-state index in [4.69, 9.17) is 10.8 Å². The highest BCUT2D eigenvalue weighted by molar-refractivity contribution is 5.86. The number of carbonyl (C=O) groups excluding carboxylic acids is 1. The van der Waals surface area contributed by atoms with E-state index in [0.717, 1.165) is 0 Å². The first-order chi connectivity index (χ1) is 9.56. The molecular weight excluding hydrogens is 272 g/mol. The summed E-state index contributed by atoms with van der Waals surface area (Å²) >= 11 is 0. The van der Waals surface area contributed by atoms with E-state index in [1.807, 2.05) is 0 Å². The Morgan fingerprint density at radius 1 is 1.10 bits per heavy atom. The Kier molecular flexibility index (Phi) is 8.51. The number of carbonyl (C=O) groups is 2. The molecule has 0 aliphatic heterocycles. The van der Waals surface area contributed by atoms with Gasteiger partial charge in [0.15, 0.2) is 0 Å². The summed E-state index contributed by atoms with van der Waals surface area (Å²) in [5.41, 5.74) is 5.49. The Labute approximate surface area is 127 Å². The highest BCUT2D eigenvalue weighted by Crippen LogP contribution is 2.26. The molecule has 2 unspecified atom stereocenters. The van der Waals surface area contributed by atoms with Gasteiger partial charge in [-0.1, -0.05) is 27.7 Å². The molecule has 0 fully saturated rings. The van der Waals surface area contributed by atoms with E-state index in [0.29, 0.717) is 24.2 Å². The summed E-state index contributed by atoms with van der Waals surface area (Å²) in [4.78, 5) is 22.3. The fourth-order valence-corrected chi connectivity index (χ4v) is 2.51. The number of carboxylic acids is 1. The van der Waals surface area contributed by atoms with Gasteiger partial charge in [-0.25, -0.2) is 0 Å². The van der Waals surface area contributed by atoms with Crippen molar-refractivity contribution < 1.29 is 19.8 Å². The number of nitrogens with one attached hydrogen (secondary N) is 1. The third-order valence-electron chi connectivity index (χ3n) is 3.90. The summed E-state index contributed by atoms with van der Waals surface area (Å²) in [6, 6.07) is -1.56. The van der Waals surface area contributed by atoms with Crippen molar-refractivity contribution in [2.24, 2.45) is 23.5 Å². The van der Waals surface area contributed by atoms with Crippen LogP contribution in [-0.4, -0.2) is 40.3 Å². The molecule has 0 aromatic heterocycles. The third-order valence-corrected chi connectivity index (χ3v) is 3.90. The van der Waals surface area contributed by atoms with Gasteiger partial charge in [-0.2, -0.15) is 0 Å². The molecule has 3 atom stereocenters. The van der Waals surface area contributed by atoms with Gasteiger partial charge < -0.3 is 21.3 Å². The van der Waals surface area contributed by atoms with Gasteiger partial charge in [0, 0.05) is 0 Å². The van der Waals surface area contributed by atoms with E-state index in [-0.39, 0.29) is 0 Å². The van der Waals surface area contributed by atoms with Crippen LogP contribution < -0.4 is 11.1 Å². The smallest absolute Gasteiger partial charge is 0.305 e. The zero-order chi connectivity index (χ0) is 16.7. The van der Waals surface area contributed by atoms with Gasteiger partial charge in [0.25, 0.3) is 0 Å². The van der Waals surface area contributed by atoms with Crippen LogP contribution in [0.2, 0.25) is 0 Å². The van der Waals surface area contributed by atoms with Crippen molar-refractivity contribution in [1.82, 2.24) is 5.32 Å². The van der Waals surface area contributed by atoms with Crippen molar-refractivity contribution in [3.05, 3.63) is 0 Å². The van der Waals surface area contributed by atoms with E-state index in [1.54, 1.807) is 6.92 Å². The second-order valence-electron chi connectivity index (χ2n) is 6.46. The number of amides is 1. The number of rotatable bonds is 9. The molecule has 0 radical (unpaired) electrons. The van der Waals surface area contributed by atoms with E-state index < -0.39 is 36.5 Å². The second-order valence-corrected chi connectivity index (χ2v) is 6.46. The molecule has 0 aliphatic carbocycles. The fraction of sp³-hybridized carbons (Fsp3) is 0.867. The van der Waals surface area contributed by atoms with Crippen LogP contribution in [0, 0.1) is 17.8 Å². The molecule has 0 bridgehead atoms. The molecule has 6 heteroatoms. The average molecular weight is 302 g/mol. The molecule has 0 aliphatic rings. The molecule has 0 aromatic carbocycles. The Morgan fingerprint density at radius 2 is 1.57 bits per heavy atom. The summed E-state index contributed by atoms with van der Waals surface area (Å²) in [5.74, 6) is -0.430. The van der Waals surface area contributed by atoms with Gasteiger partial charge in [-0.3, -0.25) is 9.59 Å². The molecule has 0 saturated carbocycles. The van der Waals surface area contributed by atoms with Crippen LogP contribution in [0.15, 0.2) is 0 Å². The molecule has 0 spiro atoms. The molecule has 0 aromatic rings. The molecule has 1 amide bonds. The molecule has 21 heavy (non-hydrogen) atoms. The number of carboxylic acid groups (broad SMARTS) is 1. The lowest BCUT2D eigenvalue weighted by atomic mass is 9.80. The lowest BCUT2D eigenvalue weighted by Crippen LogP contribution is -2.49. The average Bonchev–Trinajstić information content (AvgIpc) is 2.33. The molecular formula is C15H30N2O4. The first-order valence-corrected chi connectivity index (χ1v) is 7.52. The topological polar surface area (TPSA) is 113 Å². The number of aliphatic carboxylic acids is 1. The van der Waals surface area contributed by atoms with Crippen LogP contribution in [0.3, 0.4) is 0 Å². The largest absolute Gasteiger partial charge is 0.481 e. The Morgan fingerprint density at radius 3 is 1.95 bits per heavy atom. The van der Waals surface area contributed by atoms with Gasteiger partial charge >= 0.3 is 5.97 Å². The Balaban J connectivity index is 4.47. The lowest BCUT2D eigenvalue weighted by molar-refractivity contribution is -0.139. The third kappa shape index (κ3) is 7.43. The van der Waals surface area contributed by atoms with E-state index >= 15 is 0 Å². The summed E-state index contributed by atoms with van der Waals surface area (Å²) < 4.78 is 0. The molecule has 6 nitrogen and oxygen atoms in total. The normalized spacial score (nSPS) is 16.1. The molecule has 5 N–H and O–H groups in total. The van der Waals surface area contributed by atoms with E-state index in [9.17, 15) is 14.7 Å². The van der Waals surface area contributed by atoms with E-state index in [1.165, 1.54) is 0 Å². The summed E-state index contributed by atoms with van der Waals surface area (Å²) in [5, 5.41) is 21.4. The minimum absolute atomic E-state index is 0.354. The summed E-state index contributed by atoms with van der Waals surface area (Å²) in [6.07, 6.45) is -0.513. The monoisotopic (exact) mass is 302 g/mol. The molecule has 0 saturated heterocycles. The zero-order valence-electron chi connectivity index (χ0n) is 13.7. The highest BCUT2D eigenvalue weighted by atomic mass is 16.4. The van der Waals surface area contributed by atoms with Crippen molar-refractivity contribution in [2.45, 2.75) is 65.6 Å². The van der Waals surface area contributed by atoms with Crippen molar-refractivity contribution in [3.8, 4) is 0 Å². The van der Waals surface area contributed by atoms with Crippen LogP contribution in [0.4, 0.5) is 0 Å². The predicted octanol–water partition coefficient (Wildman–Crippen LogP) is 0.972. The van der Waals surface area contributed by atoms with Crippen LogP contribution in [0.5, 0.6) is 0 Å². The molecule has 124 valence electrons. The van der Waals surface area contributed by atoms with Crippen LogP contribution in [-0.2, 0) is 9.59 Å². The maximum absolute atomic E-state index is 11.7. The van der Waals surface area contributed by atoms with Gasteiger partial charge in [-0.15, -0.1) is 0 Å². The lowest BCUT2D eigenvalue weighted by Gasteiger charge is -2.30. The fourth-order valence-electron chi connectivity index (χ4n) is 2.51. The minimum Gasteiger partial charge on any atom is -0.481 e. The first kappa shape index (κ1) is 19.9. The number of nitrogens with two attached hydrogens (primary N) is 1. The molecule has 0 rings (SSSR count).